The molecule has 0 unspecified atom stereocenters. The second-order valence-corrected chi connectivity index (χ2v) is 8.58. The molecule has 3 nitrogen and oxygen atoms in total. The Bertz CT molecular complexity index is 988. The fraction of sp³-hybridized carbons (Fsp3) is 0.400. The van der Waals surface area contributed by atoms with Crippen molar-refractivity contribution in [3.8, 4) is 5.69 Å². The van der Waals surface area contributed by atoms with Gasteiger partial charge in [-0.15, -0.1) is 0 Å². The van der Waals surface area contributed by atoms with Gasteiger partial charge in [0.1, 0.15) is 5.02 Å². The van der Waals surface area contributed by atoms with Crippen molar-refractivity contribution >= 4 is 17.4 Å². The average Bonchev–Trinajstić information content (AvgIpc) is 3.03. The first kappa shape index (κ1) is 20.0. The molecule has 4 rings (SSSR count). The van der Waals surface area contributed by atoms with Crippen LogP contribution in [0.15, 0.2) is 42.5 Å². The van der Waals surface area contributed by atoms with Gasteiger partial charge in [-0.1, -0.05) is 67.3 Å². The third kappa shape index (κ3) is 4.20. The molecule has 1 aliphatic heterocycles. The summed E-state index contributed by atoms with van der Waals surface area (Å²) >= 11 is 6.73. The van der Waals surface area contributed by atoms with E-state index in [2.05, 4.69) is 61.2 Å². The lowest BCUT2D eigenvalue weighted by molar-refractivity contribution is 0.691. The molecule has 3 aromatic rings. The van der Waals surface area contributed by atoms with Crippen LogP contribution in [0.5, 0.6) is 0 Å². The van der Waals surface area contributed by atoms with Gasteiger partial charge in [0.05, 0.1) is 11.4 Å². The fourth-order valence-corrected chi connectivity index (χ4v) is 4.39. The Morgan fingerprint density at radius 1 is 1.00 bits per heavy atom. The third-order valence-corrected chi connectivity index (χ3v) is 6.34. The van der Waals surface area contributed by atoms with Crippen molar-refractivity contribution in [1.82, 2.24) is 9.78 Å². The van der Waals surface area contributed by atoms with Crippen LogP contribution in [-0.4, -0.2) is 16.3 Å². The first-order valence-electron chi connectivity index (χ1n) is 10.7. The van der Waals surface area contributed by atoms with Crippen molar-refractivity contribution in [1.29, 1.82) is 0 Å². The molecule has 2 heterocycles. The number of aryl methyl sites for hydroxylation is 3. The standard InChI is InChI=1S/C25H30ClN3/c1-4-5-6-7-20-10-11-22-17-28(15-14-21(22)16-20)25-24(26)19(3)27-29(25)23-12-8-18(2)9-13-23/h8-13,16H,4-7,14-15,17H2,1-3H3. The van der Waals surface area contributed by atoms with Gasteiger partial charge >= 0.3 is 0 Å². The van der Waals surface area contributed by atoms with Crippen molar-refractivity contribution in [3.05, 3.63) is 75.4 Å². The fourth-order valence-electron chi connectivity index (χ4n) is 4.16. The Morgan fingerprint density at radius 3 is 2.55 bits per heavy atom. The van der Waals surface area contributed by atoms with Crippen LogP contribution in [0.3, 0.4) is 0 Å². The highest BCUT2D eigenvalue weighted by Gasteiger charge is 2.24. The van der Waals surface area contributed by atoms with E-state index in [1.807, 2.05) is 11.6 Å². The molecule has 0 saturated carbocycles. The highest BCUT2D eigenvalue weighted by Crippen LogP contribution is 2.35. The lowest BCUT2D eigenvalue weighted by Crippen LogP contribution is -2.32. The number of aromatic nitrogens is 2. The van der Waals surface area contributed by atoms with Gasteiger partial charge in [-0.3, -0.25) is 0 Å². The minimum Gasteiger partial charge on any atom is -0.351 e. The molecule has 2 aromatic carbocycles. The Morgan fingerprint density at radius 2 is 1.79 bits per heavy atom. The van der Waals surface area contributed by atoms with E-state index in [4.69, 9.17) is 16.7 Å². The maximum Gasteiger partial charge on any atom is 0.151 e. The maximum absolute atomic E-state index is 6.73. The van der Waals surface area contributed by atoms with E-state index in [0.717, 1.165) is 41.7 Å². The summed E-state index contributed by atoms with van der Waals surface area (Å²) in [4.78, 5) is 2.38. The predicted molar refractivity (Wildman–Crippen MR) is 122 cm³/mol. The molecule has 0 bridgehead atoms. The number of nitrogens with zero attached hydrogens (tertiary/aromatic N) is 3. The summed E-state index contributed by atoms with van der Waals surface area (Å²) in [6, 6.07) is 15.5. The second-order valence-electron chi connectivity index (χ2n) is 8.20. The number of rotatable bonds is 6. The molecule has 1 aliphatic rings. The molecule has 0 amide bonds. The van der Waals surface area contributed by atoms with Crippen LogP contribution in [0.25, 0.3) is 5.69 Å². The Hall–Kier alpha value is -2.26. The number of hydrogen-bond donors (Lipinski definition) is 0. The van der Waals surface area contributed by atoms with Gasteiger partial charge in [-0.2, -0.15) is 5.10 Å². The Labute approximate surface area is 179 Å². The smallest absolute Gasteiger partial charge is 0.151 e. The summed E-state index contributed by atoms with van der Waals surface area (Å²) in [6.45, 7) is 8.18. The number of anilines is 1. The molecule has 29 heavy (non-hydrogen) atoms. The minimum atomic E-state index is 0.755. The molecular formula is C25H30ClN3. The van der Waals surface area contributed by atoms with Gasteiger partial charge in [0.2, 0.25) is 0 Å². The van der Waals surface area contributed by atoms with Gasteiger partial charge in [0, 0.05) is 13.1 Å². The number of halogens is 1. The Kier molecular flexibility index (Phi) is 5.96. The quantitative estimate of drug-likeness (QED) is 0.438. The van der Waals surface area contributed by atoms with E-state index in [1.54, 1.807) is 0 Å². The molecule has 1 aromatic heterocycles. The lowest BCUT2D eigenvalue weighted by atomic mass is 9.95. The van der Waals surface area contributed by atoms with E-state index in [-0.39, 0.29) is 0 Å². The highest BCUT2D eigenvalue weighted by molar-refractivity contribution is 6.33. The molecule has 0 radical (unpaired) electrons. The zero-order valence-corrected chi connectivity index (χ0v) is 18.5. The van der Waals surface area contributed by atoms with Gasteiger partial charge < -0.3 is 4.90 Å². The molecule has 0 aliphatic carbocycles. The Balaban J connectivity index is 1.60. The van der Waals surface area contributed by atoms with Crippen molar-refractivity contribution in [2.24, 2.45) is 0 Å². The summed E-state index contributed by atoms with van der Waals surface area (Å²) < 4.78 is 2.00. The van der Waals surface area contributed by atoms with Crippen LogP contribution >= 0.6 is 11.6 Å². The zero-order valence-electron chi connectivity index (χ0n) is 17.7. The maximum atomic E-state index is 6.73. The van der Waals surface area contributed by atoms with Crippen LogP contribution in [0.4, 0.5) is 5.82 Å². The van der Waals surface area contributed by atoms with Gasteiger partial charge in [-0.25, -0.2) is 4.68 Å². The van der Waals surface area contributed by atoms with Crippen LogP contribution in [0.1, 0.15) is 54.1 Å². The zero-order chi connectivity index (χ0) is 20.4. The molecule has 0 N–H and O–H groups in total. The molecular weight excluding hydrogens is 378 g/mol. The normalized spacial score (nSPS) is 13.6. The predicted octanol–water partition coefficient (Wildman–Crippen LogP) is 6.44. The van der Waals surface area contributed by atoms with E-state index in [9.17, 15) is 0 Å². The molecule has 0 fully saturated rings. The van der Waals surface area contributed by atoms with Crippen LogP contribution in [0.2, 0.25) is 5.02 Å². The second kappa shape index (κ2) is 8.62. The van der Waals surface area contributed by atoms with Gasteiger partial charge in [0.25, 0.3) is 0 Å². The molecule has 0 atom stereocenters. The van der Waals surface area contributed by atoms with Gasteiger partial charge in [-0.05, 0) is 61.9 Å². The minimum absolute atomic E-state index is 0.755. The van der Waals surface area contributed by atoms with Crippen LogP contribution < -0.4 is 4.90 Å². The van der Waals surface area contributed by atoms with Crippen LogP contribution in [0, 0.1) is 13.8 Å². The third-order valence-electron chi connectivity index (χ3n) is 5.89. The number of fused-ring (bicyclic) bond motifs is 1. The van der Waals surface area contributed by atoms with Crippen molar-refractivity contribution in [3.63, 3.8) is 0 Å². The summed E-state index contributed by atoms with van der Waals surface area (Å²) in [7, 11) is 0. The van der Waals surface area contributed by atoms with E-state index < -0.39 is 0 Å². The lowest BCUT2D eigenvalue weighted by Gasteiger charge is -2.31. The van der Waals surface area contributed by atoms with Crippen LogP contribution in [-0.2, 0) is 19.4 Å². The highest BCUT2D eigenvalue weighted by atomic mass is 35.5. The van der Waals surface area contributed by atoms with Crippen molar-refractivity contribution in [2.45, 2.75) is 59.4 Å². The summed E-state index contributed by atoms with van der Waals surface area (Å²) in [5.74, 6) is 1.01. The van der Waals surface area contributed by atoms with E-state index in [0.29, 0.717) is 0 Å². The van der Waals surface area contributed by atoms with Gasteiger partial charge in [0.15, 0.2) is 5.82 Å². The average molecular weight is 408 g/mol. The SMILES string of the molecule is CCCCCc1ccc2c(c1)CCN(c1c(Cl)c(C)nn1-c1ccc(C)cc1)C2. The topological polar surface area (TPSA) is 21.1 Å². The number of benzene rings is 2. The van der Waals surface area contributed by atoms with E-state index >= 15 is 0 Å². The summed E-state index contributed by atoms with van der Waals surface area (Å²) in [6.07, 6.45) is 6.11. The largest absolute Gasteiger partial charge is 0.351 e. The molecule has 152 valence electrons. The molecule has 4 heteroatoms. The van der Waals surface area contributed by atoms with E-state index in [1.165, 1.54) is 47.9 Å². The summed E-state index contributed by atoms with van der Waals surface area (Å²) in [5, 5.41) is 5.50. The molecule has 0 spiro atoms. The summed E-state index contributed by atoms with van der Waals surface area (Å²) in [5.41, 5.74) is 7.54. The number of hydrogen-bond acceptors (Lipinski definition) is 2. The van der Waals surface area contributed by atoms with Crippen molar-refractivity contribution < 1.29 is 0 Å². The monoisotopic (exact) mass is 407 g/mol. The van der Waals surface area contributed by atoms with Crippen molar-refractivity contribution in [2.75, 3.05) is 11.4 Å². The molecule has 0 saturated heterocycles. The first-order chi connectivity index (χ1) is 14.1. The number of unbranched alkanes of at least 4 members (excludes halogenated alkanes) is 2. The first-order valence-corrected chi connectivity index (χ1v) is 11.1.